The molecule has 0 spiro atoms. The zero-order valence-corrected chi connectivity index (χ0v) is 22.0. The van der Waals surface area contributed by atoms with E-state index in [1.807, 2.05) is 30.9 Å². The first-order chi connectivity index (χ1) is 17.1. The van der Waals surface area contributed by atoms with Crippen molar-refractivity contribution in [1.29, 1.82) is 0 Å². The normalized spacial score (nSPS) is 11.5. The first-order valence-corrected chi connectivity index (χ1v) is 13.1. The van der Waals surface area contributed by atoms with Gasteiger partial charge in [-0.2, -0.15) is 13.2 Å². The van der Waals surface area contributed by atoms with Gasteiger partial charge in [-0.15, -0.1) is 0 Å². The van der Waals surface area contributed by atoms with Crippen LogP contribution in [0.2, 0.25) is 0 Å². The second-order valence-electron chi connectivity index (χ2n) is 8.67. The van der Waals surface area contributed by atoms with E-state index in [0.29, 0.717) is 11.6 Å². The van der Waals surface area contributed by atoms with Crippen LogP contribution in [0.3, 0.4) is 0 Å². The molecule has 0 atom stereocenters. The summed E-state index contributed by atoms with van der Waals surface area (Å²) in [4.78, 5) is 22.9. The highest BCUT2D eigenvalue weighted by Gasteiger charge is 2.38. The molecule has 0 amide bonds. The Hall–Kier alpha value is -3.28. The third-order valence-corrected chi connectivity index (χ3v) is 6.32. The molecule has 0 saturated carbocycles. The third kappa shape index (κ3) is 10.3. The summed E-state index contributed by atoms with van der Waals surface area (Å²) in [6.07, 6.45) is -2.43. The summed E-state index contributed by atoms with van der Waals surface area (Å²) in [5.41, 5.74) is 2.00. The van der Waals surface area contributed by atoms with Gasteiger partial charge in [0, 0.05) is 18.8 Å². The van der Waals surface area contributed by atoms with Crippen LogP contribution in [0.4, 0.5) is 24.5 Å². The van der Waals surface area contributed by atoms with Gasteiger partial charge in [-0.1, -0.05) is 39.8 Å². The number of rotatable bonds is 11. The molecule has 0 saturated heterocycles. The largest absolute Gasteiger partial charge is 0.490 e. The molecule has 37 heavy (non-hydrogen) atoms. The van der Waals surface area contributed by atoms with E-state index in [9.17, 15) is 31.5 Å². The number of carboxylic acid groups (broad SMARTS) is 2. The highest BCUT2D eigenvalue weighted by molar-refractivity contribution is 7.92. The Balaban J connectivity index is 0.000000856. The van der Waals surface area contributed by atoms with E-state index in [4.69, 9.17) is 9.90 Å². The van der Waals surface area contributed by atoms with E-state index in [2.05, 4.69) is 18.6 Å². The molecule has 0 heterocycles. The molecule has 0 radical (unpaired) electrons. The number of hydrogen-bond donors (Lipinski definition) is 3. The molecule has 0 aliphatic carbocycles. The lowest BCUT2D eigenvalue weighted by Crippen LogP contribution is -2.27. The third-order valence-electron chi connectivity index (χ3n) is 4.93. The van der Waals surface area contributed by atoms with Crippen LogP contribution in [0.1, 0.15) is 56.5 Å². The van der Waals surface area contributed by atoms with Crippen LogP contribution in [-0.2, 0) is 21.2 Å². The summed E-state index contributed by atoms with van der Waals surface area (Å²) < 4.78 is 59.8. The number of carboxylic acids is 2. The van der Waals surface area contributed by atoms with Crippen LogP contribution >= 0.6 is 0 Å². The van der Waals surface area contributed by atoms with Crippen LogP contribution in [0.25, 0.3) is 0 Å². The fourth-order valence-electron chi connectivity index (χ4n) is 3.43. The minimum atomic E-state index is -5.08. The number of carbonyl (C=O) groups is 2. The Morgan fingerprint density at radius 1 is 0.973 bits per heavy atom. The van der Waals surface area contributed by atoms with Crippen molar-refractivity contribution in [3.8, 4) is 0 Å². The van der Waals surface area contributed by atoms with Crippen LogP contribution in [-0.4, -0.2) is 49.8 Å². The van der Waals surface area contributed by atoms with Crippen molar-refractivity contribution in [2.75, 3.05) is 22.7 Å². The van der Waals surface area contributed by atoms with E-state index >= 15 is 0 Å². The Kier molecular flexibility index (Phi) is 11.9. The lowest BCUT2D eigenvalue weighted by atomic mass is 10.0. The van der Waals surface area contributed by atoms with Gasteiger partial charge in [0.2, 0.25) is 0 Å². The minimum absolute atomic E-state index is 0.0874. The highest BCUT2D eigenvalue weighted by atomic mass is 32.2. The number of alkyl halides is 3. The number of nitrogens with zero attached hydrogens (tertiary/aromatic N) is 1. The molecule has 2 rings (SSSR count). The van der Waals surface area contributed by atoms with Crippen LogP contribution < -0.4 is 9.62 Å². The van der Waals surface area contributed by atoms with Crippen molar-refractivity contribution in [2.24, 2.45) is 5.92 Å². The average molecular weight is 547 g/mol. The first kappa shape index (κ1) is 31.7. The molecule has 2 aromatic carbocycles. The van der Waals surface area contributed by atoms with Gasteiger partial charge in [0.1, 0.15) is 0 Å². The van der Waals surface area contributed by atoms with Crippen molar-refractivity contribution >= 4 is 33.3 Å². The van der Waals surface area contributed by atoms with Gasteiger partial charge in [-0.05, 0) is 61.1 Å². The van der Waals surface area contributed by atoms with E-state index in [1.165, 1.54) is 6.07 Å². The number of halogens is 3. The summed E-state index contributed by atoms with van der Waals surface area (Å²) in [6, 6.07) is 11.5. The molecule has 12 heteroatoms. The fourth-order valence-corrected chi connectivity index (χ4v) is 4.48. The first-order valence-electron chi connectivity index (χ1n) is 11.7. The molecular formula is C25H33F3N2O6S. The summed E-state index contributed by atoms with van der Waals surface area (Å²) in [7, 11) is -3.81. The van der Waals surface area contributed by atoms with Gasteiger partial charge in [0.15, 0.2) is 0 Å². The zero-order valence-electron chi connectivity index (χ0n) is 21.2. The molecule has 0 aliphatic heterocycles. The number of hydrogen-bond acceptors (Lipinski definition) is 5. The molecule has 0 aliphatic rings. The Labute approximate surface area is 215 Å². The molecule has 0 bridgehead atoms. The number of aliphatic carboxylic acids is 1. The number of aromatic carboxylic acids is 1. The van der Waals surface area contributed by atoms with Crippen molar-refractivity contribution in [1.82, 2.24) is 0 Å². The molecule has 3 N–H and O–H groups in total. The van der Waals surface area contributed by atoms with Gasteiger partial charge >= 0.3 is 18.1 Å². The Morgan fingerprint density at radius 3 is 1.89 bits per heavy atom. The number of anilines is 2. The summed E-state index contributed by atoms with van der Waals surface area (Å²) in [5.74, 6) is -3.35. The minimum Gasteiger partial charge on any atom is -0.478 e. The molecule has 0 fully saturated rings. The second-order valence-corrected chi connectivity index (χ2v) is 10.4. The Morgan fingerprint density at radius 2 is 1.49 bits per heavy atom. The number of sulfonamides is 1. The molecule has 2 aromatic rings. The number of benzene rings is 2. The lowest BCUT2D eigenvalue weighted by molar-refractivity contribution is -0.192. The smallest absolute Gasteiger partial charge is 0.478 e. The average Bonchev–Trinajstić information content (AvgIpc) is 2.78. The second kappa shape index (κ2) is 13.9. The predicted octanol–water partition coefficient (Wildman–Crippen LogP) is 5.64. The maximum atomic E-state index is 12.8. The fraction of sp³-hybridized carbons (Fsp3) is 0.440. The summed E-state index contributed by atoms with van der Waals surface area (Å²) in [5, 5.41) is 16.8. The van der Waals surface area contributed by atoms with E-state index < -0.39 is 28.1 Å². The van der Waals surface area contributed by atoms with Crippen LogP contribution in [0.15, 0.2) is 47.4 Å². The monoisotopic (exact) mass is 546 g/mol. The van der Waals surface area contributed by atoms with E-state index in [1.54, 1.807) is 24.3 Å². The maximum Gasteiger partial charge on any atom is 0.490 e. The van der Waals surface area contributed by atoms with Crippen molar-refractivity contribution in [3.05, 3.63) is 53.6 Å². The topological polar surface area (TPSA) is 124 Å². The van der Waals surface area contributed by atoms with Crippen LogP contribution in [0, 0.1) is 5.92 Å². The summed E-state index contributed by atoms with van der Waals surface area (Å²) >= 11 is 0. The van der Waals surface area contributed by atoms with Gasteiger partial charge in [0.05, 0.1) is 16.1 Å². The van der Waals surface area contributed by atoms with E-state index in [0.717, 1.165) is 37.9 Å². The molecular weight excluding hydrogens is 513 g/mol. The molecule has 206 valence electrons. The molecule has 0 aromatic heterocycles. The SMILES string of the molecule is CCCN(CCC)c1ccc(NS(=O)(=O)c2ccc(CC(C)C)cc2)cc1C(=O)O.O=C(O)C(F)(F)F. The van der Waals surface area contributed by atoms with Gasteiger partial charge < -0.3 is 15.1 Å². The zero-order chi connectivity index (χ0) is 28.4. The molecule has 0 unspecified atom stereocenters. The molecule has 8 nitrogen and oxygen atoms in total. The van der Waals surface area contributed by atoms with Crippen molar-refractivity contribution in [2.45, 2.75) is 58.0 Å². The van der Waals surface area contributed by atoms with E-state index in [-0.39, 0.29) is 16.1 Å². The summed E-state index contributed by atoms with van der Waals surface area (Å²) in [6.45, 7) is 9.77. The van der Waals surface area contributed by atoms with Crippen molar-refractivity contribution < 1.29 is 41.4 Å². The van der Waals surface area contributed by atoms with Gasteiger partial charge in [-0.25, -0.2) is 18.0 Å². The highest BCUT2D eigenvalue weighted by Crippen LogP contribution is 2.27. The van der Waals surface area contributed by atoms with Crippen LogP contribution in [0.5, 0.6) is 0 Å². The maximum absolute atomic E-state index is 12.8. The van der Waals surface area contributed by atoms with Crippen molar-refractivity contribution in [3.63, 3.8) is 0 Å². The Bertz CT molecular complexity index is 1140. The van der Waals surface area contributed by atoms with Gasteiger partial charge in [-0.3, -0.25) is 4.72 Å². The lowest BCUT2D eigenvalue weighted by Gasteiger charge is -2.25. The predicted molar refractivity (Wildman–Crippen MR) is 136 cm³/mol. The van der Waals surface area contributed by atoms with Gasteiger partial charge in [0.25, 0.3) is 10.0 Å². The standard InChI is InChI=1S/C23H32N2O4S.C2HF3O2/c1-5-13-25(14-6-2)22-12-9-19(16-21(22)23(26)27)24-30(28,29)20-10-7-18(8-11-20)15-17(3)4;3-2(4,5)1(6)7/h7-12,16-17,24H,5-6,13-15H2,1-4H3,(H,26,27);(H,6,7). The number of nitrogens with one attached hydrogen (secondary N) is 1. The quantitative estimate of drug-likeness (QED) is 0.333.